The van der Waals surface area contributed by atoms with Crippen LogP contribution in [0.2, 0.25) is 0 Å². The summed E-state index contributed by atoms with van der Waals surface area (Å²) in [5.74, 6) is -1.88. The summed E-state index contributed by atoms with van der Waals surface area (Å²) in [7, 11) is 0. The maximum absolute atomic E-state index is 11.6. The van der Waals surface area contributed by atoms with Gasteiger partial charge in [-0.05, 0) is 12.8 Å². The molecule has 6 nitrogen and oxygen atoms in total. The highest BCUT2D eigenvalue weighted by Crippen LogP contribution is 2.14. The summed E-state index contributed by atoms with van der Waals surface area (Å²) in [6.07, 6.45) is 1.18. The fraction of sp³-hybridized carbons (Fsp3) is 0.833. The molecule has 0 radical (unpaired) electrons. The van der Waals surface area contributed by atoms with E-state index in [0.717, 1.165) is 0 Å². The number of hydrogen-bond donors (Lipinski definition) is 2. The fourth-order valence-corrected chi connectivity index (χ4v) is 1.29. The summed E-state index contributed by atoms with van der Waals surface area (Å²) in [5.41, 5.74) is 0. The van der Waals surface area contributed by atoms with E-state index in [4.69, 9.17) is 19.7 Å². The van der Waals surface area contributed by atoms with Gasteiger partial charge in [-0.2, -0.15) is 0 Å². The molecule has 0 spiro atoms. The van der Waals surface area contributed by atoms with Crippen LogP contribution in [0, 0.1) is 11.8 Å². The molecule has 0 fully saturated rings. The first kappa shape index (κ1) is 16.9. The van der Waals surface area contributed by atoms with Crippen LogP contribution < -0.4 is 0 Å². The number of ether oxygens (including phenoxy) is 2. The molecule has 0 heterocycles. The second-order valence-electron chi connectivity index (χ2n) is 4.13. The van der Waals surface area contributed by atoms with E-state index in [1.807, 2.05) is 0 Å². The minimum atomic E-state index is -0.538. The molecule has 0 aliphatic carbocycles. The van der Waals surface area contributed by atoms with Crippen LogP contribution in [-0.2, 0) is 19.1 Å². The average Bonchev–Trinajstić information content (AvgIpc) is 2.34. The lowest BCUT2D eigenvalue weighted by atomic mass is 9.96. The Kier molecular flexibility index (Phi) is 9.22. The van der Waals surface area contributed by atoms with Crippen molar-refractivity contribution in [2.45, 2.75) is 26.7 Å². The summed E-state index contributed by atoms with van der Waals surface area (Å²) in [6.45, 7) is 2.96. The van der Waals surface area contributed by atoms with Crippen LogP contribution in [0.5, 0.6) is 0 Å². The Labute approximate surface area is 107 Å². The molecule has 0 bridgehead atoms. The highest BCUT2D eigenvalue weighted by atomic mass is 16.5. The summed E-state index contributed by atoms with van der Waals surface area (Å²) >= 11 is 0. The first-order valence-corrected chi connectivity index (χ1v) is 6.04. The first-order chi connectivity index (χ1) is 8.52. The lowest BCUT2D eigenvalue weighted by molar-refractivity contribution is -0.154. The molecule has 2 atom stereocenters. The Bertz CT molecular complexity index is 253. The van der Waals surface area contributed by atoms with Crippen molar-refractivity contribution in [3.8, 4) is 0 Å². The molecule has 0 aromatic heterocycles. The van der Waals surface area contributed by atoms with Crippen LogP contribution in [0.4, 0.5) is 0 Å². The van der Waals surface area contributed by atoms with Gasteiger partial charge in [-0.15, -0.1) is 0 Å². The summed E-state index contributed by atoms with van der Waals surface area (Å²) in [4.78, 5) is 22.3. The number of aliphatic hydroxyl groups is 2. The zero-order valence-electron chi connectivity index (χ0n) is 10.9. The number of unbranched alkanes of at least 4 members (excludes halogenated alkanes) is 1. The van der Waals surface area contributed by atoms with Gasteiger partial charge in [0.15, 0.2) is 0 Å². The molecule has 106 valence electrons. The molecule has 0 aliphatic rings. The zero-order valence-corrected chi connectivity index (χ0v) is 10.9. The minimum Gasteiger partial charge on any atom is -0.465 e. The van der Waals surface area contributed by atoms with E-state index in [9.17, 15) is 9.59 Å². The second kappa shape index (κ2) is 9.85. The number of rotatable bonds is 9. The van der Waals surface area contributed by atoms with Crippen molar-refractivity contribution in [3.05, 3.63) is 0 Å². The first-order valence-electron chi connectivity index (χ1n) is 6.04. The largest absolute Gasteiger partial charge is 0.465 e. The Morgan fingerprint density at radius 3 is 2.33 bits per heavy atom. The molecule has 2 unspecified atom stereocenters. The second-order valence-corrected chi connectivity index (χ2v) is 4.13. The third kappa shape index (κ3) is 7.24. The molecule has 0 rings (SSSR count). The van der Waals surface area contributed by atoms with Crippen molar-refractivity contribution in [1.29, 1.82) is 0 Å². The highest BCUT2D eigenvalue weighted by Gasteiger charge is 2.25. The quantitative estimate of drug-likeness (QED) is 0.452. The van der Waals surface area contributed by atoms with E-state index in [2.05, 4.69) is 0 Å². The summed E-state index contributed by atoms with van der Waals surface area (Å²) in [6, 6.07) is 0. The van der Waals surface area contributed by atoms with E-state index in [1.165, 1.54) is 6.92 Å². The van der Waals surface area contributed by atoms with Crippen molar-refractivity contribution in [2.24, 2.45) is 11.8 Å². The van der Waals surface area contributed by atoms with Gasteiger partial charge in [0.05, 0.1) is 19.1 Å². The van der Waals surface area contributed by atoms with Crippen molar-refractivity contribution in [3.63, 3.8) is 0 Å². The van der Waals surface area contributed by atoms with Crippen LogP contribution in [0.3, 0.4) is 0 Å². The third-order valence-electron chi connectivity index (χ3n) is 2.61. The number of carbonyl (C=O) groups excluding carboxylic acids is 2. The SMILES string of the molecule is CC(=O)OCC(CO)C(C)C(=O)OCCCCO. The van der Waals surface area contributed by atoms with Crippen molar-refractivity contribution >= 4 is 11.9 Å². The van der Waals surface area contributed by atoms with Crippen LogP contribution in [0.25, 0.3) is 0 Å². The molecule has 0 aliphatic heterocycles. The smallest absolute Gasteiger partial charge is 0.309 e. The monoisotopic (exact) mass is 262 g/mol. The molecule has 0 aromatic carbocycles. The third-order valence-corrected chi connectivity index (χ3v) is 2.61. The molecule has 0 aromatic rings. The Balaban J connectivity index is 4.02. The Morgan fingerprint density at radius 2 is 1.83 bits per heavy atom. The molecule has 0 saturated carbocycles. The van der Waals surface area contributed by atoms with Crippen molar-refractivity contribution in [1.82, 2.24) is 0 Å². The van der Waals surface area contributed by atoms with Crippen LogP contribution in [-0.4, -0.2) is 48.6 Å². The van der Waals surface area contributed by atoms with Gasteiger partial charge >= 0.3 is 11.9 Å². The van der Waals surface area contributed by atoms with Crippen LogP contribution in [0.1, 0.15) is 26.7 Å². The van der Waals surface area contributed by atoms with Crippen LogP contribution in [0.15, 0.2) is 0 Å². The van der Waals surface area contributed by atoms with Crippen LogP contribution >= 0.6 is 0 Å². The molecule has 0 amide bonds. The molecule has 6 heteroatoms. The predicted octanol–water partition coefficient (Wildman–Crippen LogP) is 0.110. The molecule has 18 heavy (non-hydrogen) atoms. The van der Waals surface area contributed by atoms with E-state index in [-0.39, 0.29) is 26.4 Å². The predicted molar refractivity (Wildman–Crippen MR) is 63.7 cm³/mol. The zero-order chi connectivity index (χ0) is 14.0. The minimum absolute atomic E-state index is 0.00125. The van der Waals surface area contributed by atoms with Gasteiger partial charge in [0.25, 0.3) is 0 Å². The normalized spacial score (nSPS) is 13.8. The van der Waals surface area contributed by atoms with E-state index < -0.39 is 23.8 Å². The average molecular weight is 262 g/mol. The maximum Gasteiger partial charge on any atom is 0.309 e. The number of carbonyl (C=O) groups is 2. The molecular formula is C12H22O6. The van der Waals surface area contributed by atoms with E-state index in [0.29, 0.717) is 12.8 Å². The number of esters is 2. The van der Waals surface area contributed by atoms with Gasteiger partial charge in [-0.1, -0.05) is 6.92 Å². The number of aliphatic hydroxyl groups excluding tert-OH is 2. The molecule has 2 N–H and O–H groups in total. The van der Waals surface area contributed by atoms with E-state index >= 15 is 0 Å². The Hall–Kier alpha value is -1.14. The van der Waals surface area contributed by atoms with E-state index in [1.54, 1.807) is 6.92 Å². The lowest BCUT2D eigenvalue weighted by Gasteiger charge is -2.20. The van der Waals surface area contributed by atoms with Gasteiger partial charge in [-0.3, -0.25) is 9.59 Å². The maximum atomic E-state index is 11.6. The van der Waals surface area contributed by atoms with Gasteiger partial charge in [0.1, 0.15) is 0 Å². The van der Waals surface area contributed by atoms with Gasteiger partial charge in [-0.25, -0.2) is 0 Å². The van der Waals surface area contributed by atoms with Gasteiger partial charge < -0.3 is 19.7 Å². The lowest BCUT2D eigenvalue weighted by Crippen LogP contribution is -2.30. The Morgan fingerprint density at radius 1 is 1.17 bits per heavy atom. The summed E-state index contributed by atoms with van der Waals surface area (Å²) in [5, 5.41) is 17.7. The van der Waals surface area contributed by atoms with Gasteiger partial charge in [0, 0.05) is 26.1 Å². The molecular weight excluding hydrogens is 240 g/mol. The van der Waals surface area contributed by atoms with Crippen molar-refractivity contribution < 1.29 is 29.3 Å². The fourth-order valence-electron chi connectivity index (χ4n) is 1.29. The standard InChI is InChI=1S/C12H22O6/c1-9(11(7-14)8-18-10(2)15)12(16)17-6-4-3-5-13/h9,11,13-14H,3-8H2,1-2H3. The van der Waals surface area contributed by atoms with Gasteiger partial charge in [0.2, 0.25) is 0 Å². The topological polar surface area (TPSA) is 93.1 Å². The summed E-state index contributed by atoms with van der Waals surface area (Å²) < 4.78 is 9.76. The van der Waals surface area contributed by atoms with Crippen molar-refractivity contribution in [2.75, 3.05) is 26.4 Å². The number of hydrogen-bond acceptors (Lipinski definition) is 6. The molecule has 0 saturated heterocycles. The highest BCUT2D eigenvalue weighted by molar-refractivity contribution is 5.72.